The Kier molecular flexibility index (Phi) is 12.0. The maximum Gasteiger partial charge on any atom is 0.413 e. The smallest absolute Gasteiger partial charge is 0.413 e. The van der Waals surface area contributed by atoms with Gasteiger partial charge >= 0.3 is 18.0 Å². The van der Waals surface area contributed by atoms with Gasteiger partial charge in [0.15, 0.2) is 22.6 Å². The van der Waals surface area contributed by atoms with Crippen molar-refractivity contribution in [2.45, 2.75) is 26.4 Å². The van der Waals surface area contributed by atoms with Gasteiger partial charge < -0.3 is 23.7 Å². The SMILES string of the molecule is COC(=O)c1ccc(F)cc1Oc1cnc(Cl)c(F)c1.COC(=O)c1ccc(F)cc1Oc1cnc(NC(=O)OC(C)(C)C)c(F)c1. The van der Waals surface area contributed by atoms with Crippen LogP contribution in [-0.4, -0.2) is 47.8 Å². The Morgan fingerprint density at radius 1 is 0.723 bits per heavy atom. The van der Waals surface area contributed by atoms with Gasteiger partial charge in [-0.05, 0) is 45.0 Å². The molecule has 2 heterocycles. The number of pyridine rings is 2. The molecule has 47 heavy (non-hydrogen) atoms. The standard InChI is InChI=1S/C18H18F2N2O5.C13H8ClF2NO3/c1-18(2,3)27-17(24)22-15-13(20)8-11(9-21-15)26-14-7-10(19)5-6-12(14)16(23)25-4;1-19-13(18)9-3-2-7(15)4-11(9)20-8-5-10(16)12(14)17-6-8/h5-9H,1-4H3,(H,21,22,24);2-6H,1H3. The average molecular weight is 680 g/mol. The van der Waals surface area contributed by atoms with Gasteiger partial charge in [-0.25, -0.2) is 41.9 Å². The minimum Gasteiger partial charge on any atom is -0.465 e. The lowest BCUT2D eigenvalue weighted by Gasteiger charge is -2.19. The number of anilines is 1. The van der Waals surface area contributed by atoms with Crippen LogP contribution in [0, 0.1) is 23.3 Å². The molecule has 4 aromatic rings. The molecule has 2 aromatic carbocycles. The first-order valence-electron chi connectivity index (χ1n) is 13.2. The topological polar surface area (TPSA) is 135 Å². The van der Waals surface area contributed by atoms with Crippen LogP contribution in [-0.2, 0) is 14.2 Å². The van der Waals surface area contributed by atoms with Crippen LogP contribution in [0.2, 0.25) is 5.15 Å². The molecule has 0 atom stereocenters. The third-order valence-electron chi connectivity index (χ3n) is 5.36. The van der Waals surface area contributed by atoms with E-state index in [1.807, 2.05) is 0 Å². The van der Waals surface area contributed by atoms with Gasteiger partial charge in [0, 0.05) is 24.3 Å². The van der Waals surface area contributed by atoms with Gasteiger partial charge in [0.25, 0.3) is 0 Å². The summed E-state index contributed by atoms with van der Waals surface area (Å²) in [6.07, 6.45) is 1.37. The maximum atomic E-state index is 14.2. The number of carbonyl (C=O) groups excluding carboxylic acids is 3. The number of ether oxygens (including phenoxy) is 5. The quantitative estimate of drug-likeness (QED) is 0.0889. The van der Waals surface area contributed by atoms with E-state index < -0.39 is 46.9 Å². The summed E-state index contributed by atoms with van der Waals surface area (Å²) in [6.45, 7) is 4.97. The molecule has 1 amide bonds. The number of esters is 2. The number of hydrogen-bond acceptors (Lipinski definition) is 10. The average Bonchev–Trinajstić information content (AvgIpc) is 2.99. The zero-order valence-corrected chi connectivity index (χ0v) is 26.1. The number of halogens is 5. The Morgan fingerprint density at radius 3 is 1.62 bits per heavy atom. The summed E-state index contributed by atoms with van der Waals surface area (Å²) in [7, 11) is 2.34. The Bertz CT molecular complexity index is 1790. The Balaban J connectivity index is 0.000000267. The highest BCUT2D eigenvalue weighted by Crippen LogP contribution is 2.30. The van der Waals surface area contributed by atoms with E-state index in [-0.39, 0.29) is 45.1 Å². The fourth-order valence-corrected chi connectivity index (χ4v) is 3.50. The number of benzene rings is 2. The molecule has 0 saturated carbocycles. The van der Waals surface area contributed by atoms with Crippen LogP contribution in [0.1, 0.15) is 41.5 Å². The highest BCUT2D eigenvalue weighted by Gasteiger charge is 2.20. The molecule has 0 spiro atoms. The number of rotatable bonds is 7. The van der Waals surface area contributed by atoms with Crippen molar-refractivity contribution in [1.82, 2.24) is 9.97 Å². The van der Waals surface area contributed by atoms with Gasteiger partial charge in [0.05, 0.1) is 26.6 Å². The van der Waals surface area contributed by atoms with Crippen LogP contribution in [0.4, 0.5) is 28.2 Å². The number of carbonyl (C=O) groups is 3. The van der Waals surface area contributed by atoms with Gasteiger partial charge in [0.1, 0.15) is 51.4 Å². The van der Waals surface area contributed by atoms with Crippen molar-refractivity contribution in [2.24, 2.45) is 0 Å². The number of nitrogens with zero attached hydrogens (tertiary/aromatic N) is 2. The summed E-state index contributed by atoms with van der Waals surface area (Å²) >= 11 is 5.44. The molecule has 0 aliphatic heterocycles. The molecule has 0 radical (unpaired) electrons. The Hall–Kier alpha value is -5.44. The van der Waals surface area contributed by atoms with Crippen molar-refractivity contribution >= 4 is 35.5 Å². The predicted molar refractivity (Wildman–Crippen MR) is 159 cm³/mol. The van der Waals surface area contributed by atoms with Gasteiger partial charge in [-0.2, -0.15) is 0 Å². The zero-order chi connectivity index (χ0) is 34.9. The largest absolute Gasteiger partial charge is 0.465 e. The summed E-state index contributed by atoms with van der Waals surface area (Å²) in [6, 6.07) is 8.36. The van der Waals surface area contributed by atoms with E-state index in [1.165, 1.54) is 19.2 Å². The fourth-order valence-electron chi connectivity index (χ4n) is 3.40. The van der Waals surface area contributed by atoms with E-state index in [4.69, 9.17) is 25.8 Å². The summed E-state index contributed by atoms with van der Waals surface area (Å²) in [5, 5.41) is 1.85. The second-order valence-electron chi connectivity index (χ2n) is 10.0. The lowest BCUT2D eigenvalue weighted by Crippen LogP contribution is -2.27. The molecule has 0 aliphatic carbocycles. The Morgan fingerprint density at radius 2 is 1.19 bits per heavy atom. The minimum absolute atomic E-state index is 0.00394. The molecule has 248 valence electrons. The van der Waals surface area contributed by atoms with E-state index in [0.29, 0.717) is 0 Å². The van der Waals surface area contributed by atoms with Crippen molar-refractivity contribution in [3.63, 3.8) is 0 Å². The summed E-state index contributed by atoms with van der Waals surface area (Å²) in [4.78, 5) is 42.2. The maximum absolute atomic E-state index is 14.2. The molecule has 0 unspecified atom stereocenters. The lowest BCUT2D eigenvalue weighted by molar-refractivity contribution is 0.0588. The minimum atomic E-state index is -0.908. The molecular formula is C31H26ClF4N3O8. The van der Waals surface area contributed by atoms with Gasteiger partial charge in [-0.3, -0.25) is 5.32 Å². The third kappa shape index (κ3) is 10.6. The predicted octanol–water partition coefficient (Wildman–Crippen LogP) is 7.88. The van der Waals surface area contributed by atoms with Crippen LogP contribution in [0.15, 0.2) is 60.9 Å². The molecule has 0 saturated heterocycles. The van der Waals surface area contributed by atoms with E-state index in [2.05, 4.69) is 24.8 Å². The van der Waals surface area contributed by atoms with E-state index in [1.54, 1.807) is 20.8 Å². The van der Waals surface area contributed by atoms with Crippen LogP contribution in [0.3, 0.4) is 0 Å². The van der Waals surface area contributed by atoms with Crippen LogP contribution < -0.4 is 14.8 Å². The van der Waals surface area contributed by atoms with E-state index >= 15 is 0 Å². The van der Waals surface area contributed by atoms with Crippen LogP contribution in [0.5, 0.6) is 23.0 Å². The van der Waals surface area contributed by atoms with Crippen molar-refractivity contribution in [2.75, 3.05) is 19.5 Å². The molecule has 0 aliphatic rings. The van der Waals surface area contributed by atoms with Crippen molar-refractivity contribution in [3.05, 3.63) is 100 Å². The monoisotopic (exact) mass is 679 g/mol. The van der Waals surface area contributed by atoms with Crippen LogP contribution in [0.25, 0.3) is 0 Å². The number of aromatic nitrogens is 2. The zero-order valence-electron chi connectivity index (χ0n) is 25.3. The molecular weight excluding hydrogens is 654 g/mol. The van der Waals surface area contributed by atoms with E-state index in [0.717, 1.165) is 55.9 Å². The molecule has 0 bridgehead atoms. The number of hydrogen-bond donors (Lipinski definition) is 1. The third-order valence-corrected chi connectivity index (χ3v) is 5.64. The fraction of sp³-hybridized carbons (Fsp3) is 0.194. The summed E-state index contributed by atoms with van der Waals surface area (Å²) in [5.41, 5.74) is -0.801. The van der Waals surface area contributed by atoms with Crippen LogP contribution >= 0.6 is 11.6 Å². The Labute approximate surface area is 270 Å². The second-order valence-corrected chi connectivity index (χ2v) is 10.4. The lowest BCUT2D eigenvalue weighted by atomic mass is 10.2. The van der Waals surface area contributed by atoms with Crippen molar-refractivity contribution in [3.8, 4) is 23.0 Å². The summed E-state index contributed by atoms with van der Waals surface area (Å²) in [5.74, 6) is -5.22. The highest BCUT2D eigenvalue weighted by molar-refractivity contribution is 6.29. The van der Waals surface area contributed by atoms with Crippen molar-refractivity contribution in [1.29, 1.82) is 0 Å². The number of methoxy groups -OCH3 is 2. The number of amides is 1. The normalized spacial score (nSPS) is 10.6. The first-order chi connectivity index (χ1) is 22.1. The van der Waals surface area contributed by atoms with Gasteiger partial charge in [-0.15, -0.1) is 0 Å². The molecule has 2 aromatic heterocycles. The van der Waals surface area contributed by atoms with Gasteiger partial charge in [0.2, 0.25) is 0 Å². The first kappa shape index (κ1) is 36.0. The molecule has 1 N–H and O–H groups in total. The first-order valence-corrected chi connectivity index (χ1v) is 13.6. The molecule has 16 heteroatoms. The molecule has 11 nitrogen and oxygen atoms in total. The molecule has 4 rings (SSSR count). The van der Waals surface area contributed by atoms with Crippen molar-refractivity contribution < 1.29 is 55.6 Å². The van der Waals surface area contributed by atoms with E-state index in [9.17, 15) is 31.9 Å². The second kappa shape index (κ2) is 15.7. The highest BCUT2D eigenvalue weighted by atomic mass is 35.5. The molecule has 0 fully saturated rings. The summed E-state index contributed by atoms with van der Waals surface area (Å²) < 4.78 is 78.8. The number of nitrogens with one attached hydrogen (secondary N) is 1. The van der Waals surface area contributed by atoms with Gasteiger partial charge in [-0.1, -0.05) is 11.6 Å².